The molecule has 0 radical (unpaired) electrons. The van der Waals surface area contributed by atoms with Crippen molar-refractivity contribution < 1.29 is 27.4 Å². The van der Waals surface area contributed by atoms with Crippen molar-refractivity contribution in [1.29, 1.82) is 5.26 Å². The molecule has 13 heteroatoms. The monoisotopic (exact) mass is 538 g/mol. The van der Waals surface area contributed by atoms with Crippen molar-refractivity contribution in [2.24, 2.45) is 0 Å². The Kier molecular flexibility index (Phi) is 7.38. The number of pyridine rings is 1. The molecule has 0 aliphatic heterocycles. The smallest absolute Gasteiger partial charge is 0.243 e. The molecule has 0 aliphatic rings. The summed E-state index contributed by atoms with van der Waals surface area (Å²) in [6.45, 7) is 4.70. The molecule has 0 fully saturated rings. The number of aliphatic hydroxyl groups excluding tert-OH is 1. The van der Waals surface area contributed by atoms with Crippen molar-refractivity contribution >= 4 is 16.0 Å². The summed E-state index contributed by atoms with van der Waals surface area (Å²) in [7, 11) is -1.33. The molecule has 0 aliphatic carbocycles. The summed E-state index contributed by atoms with van der Waals surface area (Å²) < 4.78 is 47.6. The fraction of sp³-hybridized carbons (Fsp3) is 0.280. The minimum Gasteiger partial charge on any atom is -0.494 e. The average molecular weight is 539 g/mol. The molecule has 1 aromatic carbocycles. The van der Waals surface area contributed by atoms with Crippen molar-refractivity contribution in [2.45, 2.75) is 32.1 Å². The molecular formula is C25H26N6O6S. The lowest BCUT2D eigenvalue weighted by molar-refractivity contribution is 0.171. The molecule has 0 spiro atoms. The zero-order valence-corrected chi connectivity index (χ0v) is 22.1. The summed E-state index contributed by atoms with van der Waals surface area (Å²) in [4.78, 5) is 4.20. The van der Waals surface area contributed by atoms with Crippen LogP contribution in [-0.4, -0.2) is 52.7 Å². The van der Waals surface area contributed by atoms with Gasteiger partial charge >= 0.3 is 0 Å². The van der Waals surface area contributed by atoms with E-state index in [-0.39, 0.29) is 17.5 Å². The Bertz CT molecular complexity index is 1600. The highest BCUT2D eigenvalue weighted by molar-refractivity contribution is 7.93. The van der Waals surface area contributed by atoms with Gasteiger partial charge in [0.1, 0.15) is 40.4 Å². The number of sulfonamides is 1. The third-order valence-electron chi connectivity index (χ3n) is 5.95. The number of hydrogen-bond donors (Lipinski definition) is 2. The number of nitrogens with one attached hydrogen (secondary N) is 1. The molecule has 12 nitrogen and oxygen atoms in total. The van der Waals surface area contributed by atoms with Crippen LogP contribution in [0.2, 0.25) is 0 Å². The van der Waals surface area contributed by atoms with Gasteiger partial charge in [0, 0.05) is 0 Å². The molecule has 0 saturated carbocycles. The molecule has 0 bridgehead atoms. The number of para-hydroxylation sites is 1. The van der Waals surface area contributed by atoms with Crippen LogP contribution in [0.3, 0.4) is 0 Å². The van der Waals surface area contributed by atoms with E-state index in [9.17, 15) is 13.5 Å². The Morgan fingerprint density at radius 1 is 1.08 bits per heavy atom. The second-order valence-electron chi connectivity index (χ2n) is 8.38. The first-order valence-electron chi connectivity index (χ1n) is 11.4. The number of benzene rings is 1. The van der Waals surface area contributed by atoms with Gasteiger partial charge in [0.2, 0.25) is 21.8 Å². The van der Waals surface area contributed by atoms with E-state index in [1.54, 1.807) is 44.2 Å². The number of aryl methyl sites for hydroxylation is 2. The van der Waals surface area contributed by atoms with Crippen LogP contribution in [0.1, 0.15) is 35.7 Å². The topological polar surface area (TPSA) is 165 Å². The molecule has 4 aromatic rings. The Balaban J connectivity index is 1.80. The van der Waals surface area contributed by atoms with Crippen LogP contribution in [0.15, 0.2) is 46.9 Å². The lowest BCUT2D eigenvalue weighted by atomic mass is 10.1. The van der Waals surface area contributed by atoms with E-state index in [4.69, 9.17) is 19.2 Å². The number of methoxy groups -OCH3 is 2. The van der Waals surface area contributed by atoms with Gasteiger partial charge < -0.3 is 19.0 Å². The van der Waals surface area contributed by atoms with Gasteiger partial charge in [-0.15, -0.1) is 10.2 Å². The predicted molar refractivity (Wildman–Crippen MR) is 138 cm³/mol. The van der Waals surface area contributed by atoms with Crippen LogP contribution in [0, 0.1) is 25.2 Å². The van der Waals surface area contributed by atoms with Gasteiger partial charge in [-0.3, -0.25) is 14.3 Å². The van der Waals surface area contributed by atoms with Gasteiger partial charge in [0.25, 0.3) is 0 Å². The summed E-state index contributed by atoms with van der Waals surface area (Å²) in [5.41, 5.74) is 1.15. The second-order valence-corrected chi connectivity index (χ2v) is 10.4. The fourth-order valence-corrected chi connectivity index (χ4v) is 4.87. The van der Waals surface area contributed by atoms with Crippen LogP contribution in [0.5, 0.6) is 11.5 Å². The lowest BCUT2D eigenvalue weighted by Crippen LogP contribution is -2.32. The van der Waals surface area contributed by atoms with Crippen molar-refractivity contribution in [3.8, 4) is 34.8 Å². The molecule has 3 aromatic heterocycles. The highest BCUT2D eigenvalue weighted by Gasteiger charge is 2.33. The third kappa shape index (κ3) is 4.91. The quantitative estimate of drug-likeness (QED) is 0.323. The van der Waals surface area contributed by atoms with E-state index in [0.717, 1.165) is 0 Å². The van der Waals surface area contributed by atoms with Gasteiger partial charge in [-0.2, -0.15) is 5.26 Å². The van der Waals surface area contributed by atoms with E-state index in [1.807, 2.05) is 6.07 Å². The largest absolute Gasteiger partial charge is 0.494 e. The maximum Gasteiger partial charge on any atom is 0.243 e. The van der Waals surface area contributed by atoms with Gasteiger partial charge in [-0.05, 0) is 57.2 Å². The molecule has 2 N–H and O–H groups in total. The Morgan fingerprint density at radius 2 is 1.76 bits per heavy atom. The number of rotatable bonds is 9. The summed E-state index contributed by atoms with van der Waals surface area (Å²) >= 11 is 0. The summed E-state index contributed by atoms with van der Waals surface area (Å²) in [5, 5.41) is 26.9. The van der Waals surface area contributed by atoms with Crippen molar-refractivity contribution in [2.75, 3.05) is 18.9 Å². The van der Waals surface area contributed by atoms with Gasteiger partial charge in [0.15, 0.2) is 5.76 Å². The van der Waals surface area contributed by atoms with E-state index in [1.165, 1.54) is 37.8 Å². The lowest BCUT2D eigenvalue weighted by Gasteiger charge is -2.21. The third-order valence-corrected chi connectivity index (χ3v) is 7.65. The number of anilines is 1. The standard InChI is InChI=1S/C25H26N6O6S/c1-14-9-12-21(37-14)24-28-29-25(31(24)22-19(35-4)7-6-8-20(22)36-5)30-38(33,34)16(3)23(32)18-11-10-17(13-26)15(2)27-18/h6-12,16,23,32H,1-5H3,(H,29,30)/t16-,23-/m0/s1. The molecule has 0 amide bonds. The molecule has 38 heavy (non-hydrogen) atoms. The summed E-state index contributed by atoms with van der Waals surface area (Å²) in [5.74, 6) is 1.68. The fourth-order valence-electron chi connectivity index (χ4n) is 3.82. The number of hydrogen-bond acceptors (Lipinski definition) is 10. The molecule has 4 rings (SSSR count). The SMILES string of the molecule is COc1cccc(OC)c1-n1c(NS(=O)(=O)[C@@H](C)[C@H](O)c2ccc(C#N)c(C)n2)nnc1-c1ccc(C)o1. The molecule has 2 atom stereocenters. The first-order valence-corrected chi connectivity index (χ1v) is 13.0. The molecular weight excluding hydrogens is 512 g/mol. The van der Waals surface area contributed by atoms with Crippen molar-refractivity contribution in [1.82, 2.24) is 19.7 Å². The van der Waals surface area contributed by atoms with Crippen LogP contribution < -0.4 is 14.2 Å². The van der Waals surface area contributed by atoms with Crippen LogP contribution in [-0.2, 0) is 10.0 Å². The summed E-state index contributed by atoms with van der Waals surface area (Å²) in [6.07, 6.45) is -1.50. The molecule has 198 valence electrons. The Hall–Kier alpha value is -4.41. The number of furan rings is 1. The highest BCUT2D eigenvalue weighted by Crippen LogP contribution is 2.38. The van der Waals surface area contributed by atoms with Gasteiger partial charge in [-0.1, -0.05) is 6.07 Å². The molecule has 0 unspecified atom stereocenters. The zero-order valence-electron chi connectivity index (χ0n) is 21.3. The predicted octanol–water partition coefficient (Wildman–Crippen LogP) is 3.29. The number of nitrogens with zero attached hydrogens (tertiary/aromatic N) is 5. The van der Waals surface area contributed by atoms with Crippen LogP contribution >= 0.6 is 0 Å². The van der Waals surface area contributed by atoms with E-state index in [2.05, 4.69) is 19.9 Å². The van der Waals surface area contributed by atoms with E-state index >= 15 is 0 Å². The maximum atomic E-state index is 13.4. The molecule has 3 heterocycles. The minimum absolute atomic E-state index is 0.110. The average Bonchev–Trinajstić information content (AvgIpc) is 3.52. The summed E-state index contributed by atoms with van der Waals surface area (Å²) in [6, 6.07) is 13.4. The normalized spacial score (nSPS) is 13.0. The molecule has 0 saturated heterocycles. The van der Waals surface area contributed by atoms with Crippen molar-refractivity contribution in [3.63, 3.8) is 0 Å². The second kappa shape index (κ2) is 10.5. The number of ether oxygens (including phenoxy) is 2. The van der Waals surface area contributed by atoms with Crippen LogP contribution in [0.25, 0.3) is 17.3 Å². The Labute approximate surface area is 219 Å². The van der Waals surface area contributed by atoms with E-state index in [0.29, 0.717) is 40.0 Å². The van der Waals surface area contributed by atoms with Crippen LogP contribution in [0.4, 0.5) is 5.95 Å². The van der Waals surface area contributed by atoms with E-state index < -0.39 is 21.4 Å². The first kappa shape index (κ1) is 26.6. The number of nitriles is 1. The van der Waals surface area contributed by atoms with Gasteiger partial charge in [0.05, 0.1) is 31.2 Å². The number of aromatic nitrogens is 4. The zero-order chi connectivity index (χ0) is 27.6. The van der Waals surface area contributed by atoms with Crippen molar-refractivity contribution in [3.05, 3.63) is 65.2 Å². The minimum atomic E-state index is -4.26. The number of aliphatic hydroxyl groups is 1. The van der Waals surface area contributed by atoms with Gasteiger partial charge in [-0.25, -0.2) is 8.42 Å². The first-order chi connectivity index (χ1) is 18.1. The Morgan fingerprint density at radius 3 is 2.32 bits per heavy atom. The highest BCUT2D eigenvalue weighted by atomic mass is 32.2. The maximum absolute atomic E-state index is 13.4.